The van der Waals surface area contributed by atoms with Gasteiger partial charge in [0.25, 0.3) is 0 Å². The first-order chi connectivity index (χ1) is 5.24. The second-order valence-corrected chi connectivity index (χ2v) is 1.90. The number of nitriles is 1. The summed E-state index contributed by atoms with van der Waals surface area (Å²) in [4.78, 5) is 10.8. The number of nitrogens with zero attached hydrogens (tertiary/aromatic N) is 2. The summed E-state index contributed by atoms with van der Waals surface area (Å²) in [5.74, 6) is -0.530. The number of nitrogens with one attached hydrogen (secondary N) is 1. The Kier molecular flexibility index (Phi) is 1.88. The minimum absolute atomic E-state index is 0.0454. The van der Waals surface area contributed by atoms with Gasteiger partial charge in [-0.05, 0) is 6.92 Å². The van der Waals surface area contributed by atoms with Gasteiger partial charge >= 0.3 is 5.91 Å². The van der Waals surface area contributed by atoms with Crippen molar-refractivity contribution in [2.24, 2.45) is 0 Å². The molecule has 0 saturated carbocycles. The molecule has 0 aliphatic rings. The summed E-state index contributed by atoms with van der Waals surface area (Å²) in [6, 6.07) is 1.45. The van der Waals surface area contributed by atoms with E-state index in [0.29, 0.717) is 5.69 Å². The molecule has 0 aliphatic carbocycles. The lowest BCUT2D eigenvalue weighted by atomic mass is 10.4. The molecule has 0 fully saturated rings. The lowest BCUT2D eigenvalue weighted by Crippen LogP contribution is -2.16. The number of rotatable bonds is 1. The zero-order valence-electron chi connectivity index (χ0n) is 5.79. The van der Waals surface area contributed by atoms with Gasteiger partial charge in [0.15, 0.2) is 6.19 Å². The molecule has 0 saturated heterocycles. The lowest BCUT2D eigenvalue weighted by molar-refractivity contribution is 0.0936. The van der Waals surface area contributed by atoms with Gasteiger partial charge in [0.1, 0.15) is 0 Å². The zero-order valence-corrected chi connectivity index (χ0v) is 5.79. The van der Waals surface area contributed by atoms with Crippen molar-refractivity contribution >= 4 is 5.91 Å². The Hall–Kier alpha value is -1.83. The van der Waals surface area contributed by atoms with Gasteiger partial charge in [0.05, 0.1) is 5.69 Å². The third kappa shape index (κ3) is 1.55. The Morgan fingerprint density at radius 3 is 3.09 bits per heavy atom. The van der Waals surface area contributed by atoms with E-state index in [1.807, 2.05) is 5.32 Å². The van der Waals surface area contributed by atoms with Crippen LogP contribution in [0.4, 0.5) is 0 Å². The van der Waals surface area contributed by atoms with Crippen molar-refractivity contribution in [2.45, 2.75) is 6.92 Å². The van der Waals surface area contributed by atoms with Crippen molar-refractivity contribution in [3.8, 4) is 6.19 Å². The molecule has 0 radical (unpaired) electrons. The fourth-order valence-electron chi connectivity index (χ4n) is 0.583. The van der Waals surface area contributed by atoms with E-state index in [9.17, 15) is 4.79 Å². The number of aromatic nitrogens is 1. The fourth-order valence-corrected chi connectivity index (χ4v) is 0.583. The molecule has 0 aromatic carbocycles. The molecular weight excluding hydrogens is 146 g/mol. The van der Waals surface area contributed by atoms with Crippen LogP contribution >= 0.6 is 0 Å². The summed E-state index contributed by atoms with van der Waals surface area (Å²) in [7, 11) is 0. The number of hydrogen-bond donors (Lipinski definition) is 1. The Labute approximate surface area is 62.6 Å². The third-order valence-electron chi connectivity index (χ3n) is 1.02. The van der Waals surface area contributed by atoms with Crippen molar-refractivity contribution < 1.29 is 9.32 Å². The molecule has 11 heavy (non-hydrogen) atoms. The van der Waals surface area contributed by atoms with Gasteiger partial charge in [-0.2, -0.15) is 5.26 Å². The molecule has 0 aliphatic heterocycles. The van der Waals surface area contributed by atoms with Gasteiger partial charge in [-0.25, -0.2) is 0 Å². The maximum Gasteiger partial charge on any atom is 0.302 e. The molecule has 0 bridgehead atoms. The highest BCUT2D eigenvalue weighted by Crippen LogP contribution is 2.00. The molecule has 1 heterocycles. The molecular formula is C6H5N3O2. The van der Waals surface area contributed by atoms with Gasteiger partial charge in [-0.3, -0.25) is 10.1 Å². The van der Waals surface area contributed by atoms with E-state index in [1.54, 1.807) is 6.92 Å². The van der Waals surface area contributed by atoms with Crippen molar-refractivity contribution in [2.75, 3.05) is 0 Å². The zero-order chi connectivity index (χ0) is 8.27. The minimum atomic E-state index is -0.576. The standard InChI is InChI=1S/C6H5N3O2/c1-4-2-5(11-9-4)6(10)8-3-7/h2H,1H3,(H,8,10). The van der Waals surface area contributed by atoms with E-state index in [2.05, 4.69) is 9.68 Å². The van der Waals surface area contributed by atoms with E-state index in [1.165, 1.54) is 12.3 Å². The van der Waals surface area contributed by atoms with Crippen molar-refractivity contribution in [3.63, 3.8) is 0 Å². The Morgan fingerprint density at radius 1 is 1.91 bits per heavy atom. The van der Waals surface area contributed by atoms with E-state index >= 15 is 0 Å². The van der Waals surface area contributed by atoms with Crippen LogP contribution in [0.3, 0.4) is 0 Å². The van der Waals surface area contributed by atoms with Crippen LogP contribution in [0.5, 0.6) is 0 Å². The molecule has 0 atom stereocenters. The molecule has 1 N–H and O–H groups in total. The van der Waals surface area contributed by atoms with Crippen LogP contribution in [-0.2, 0) is 0 Å². The van der Waals surface area contributed by atoms with Crippen LogP contribution < -0.4 is 5.32 Å². The van der Waals surface area contributed by atoms with Crippen LogP contribution in [0, 0.1) is 18.4 Å². The first-order valence-corrected chi connectivity index (χ1v) is 2.87. The van der Waals surface area contributed by atoms with Crippen molar-refractivity contribution in [1.82, 2.24) is 10.5 Å². The van der Waals surface area contributed by atoms with E-state index in [4.69, 9.17) is 5.26 Å². The molecule has 1 amide bonds. The molecule has 1 rings (SSSR count). The molecule has 5 heteroatoms. The molecule has 0 spiro atoms. The molecule has 56 valence electrons. The summed E-state index contributed by atoms with van der Waals surface area (Å²) in [5.41, 5.74) is 0.605. The van der Waals surface area contributed by atoms with E-state index in [-0.39, 0.29) is 5.76 Å². The molecule has 1 aromatic rings. The summed E-state index contributed by atoms with van der Waals surface area (Å²) in [6.07, 6.45) is 1.49. The average Bonchev–Trinajstić information content (AvgIpc) is 2.36. The second-order valence-electron chi connectivity index (χ2n) is 1.90. The first kappa shape index (κ1) is 7.28. The lowest BCUT2D eigenvalue weighted by Gasteiger charge is -1.85. The predicted octanol–water partition coefficient (Wildman–Crippen LogP) is 0.194. The van der Waals surface area contributed by atoms with Crippen molar-refractivity contribution in [1.29, 1.82) is 5.26 Å². The monoisotopic (exact) mass is 151 g/mol. The quantitative estimate of drug-likeness (QED) is 0.459. The largest absolute Gasteiger partial charge is 0.351 e. The SMILES string of the molecule is Cc1cc(C(=O)NC#N)on1. The number of carbonyl (C=O) groups excluding carboxylic acids is 1. The predicted molar refractivity (Wildman–Crippen MR) is 34.3 cm³/mol. The first-order valence-electron chi connectivity index (χ1n) is 2.87. The van der Waals surface area contributed by atoms with Gasteiger partial charge in [-0.1, -0.05) is 5.16 Å². The summed E-state index contributed by atoms with van der Waals surface area (Å²) in [6.45, 7) is 1.69. The van der Waals surface area contributed by atoms with Crippen LogP contribution in [0.2, 0.25) is 0 Å². The minimum Gasteiger partial charge on any atom is -0.351 e. The van der Waals surface area contributed by atoms with Crippen molar-refractivity contribution in [3.05, 3.63) is 17.5 Å². The van der Waals surface area contributed by atoms with Gasteiger partial charge in [0, 0.05) is 6.07 Å². The van der Waals surface area contributed by atoms with Gasteiger partial charge < -0.3 is 4.52 Å². The number of carbonyl (C=O) groups is 1. The highest BCUT2D eigenvalue weighted by molar-refractivity contribution is 5.92. The average molecular weight is 151 g/mol. The summed E-state index contributed by atoms with van der Waals surface area (Å²) < 4.78 is 4.57. The Balaban J connectivity index is 2.78. The maximum absolute atomic E-state index is 10.8. The normalized spacial score (nSPS) is 8.73. The van der Waals surface area contributed by atoms with Gasteiger partial charge in [-0.15, -0.1) is 0 Å². The van der Waals surface area contributed by atoms with Crippen LogP contribution in [0.25, 0.3) is 0 Å². The van der Waals surface area contributed by atoms with Gasteiger partial charge in [0.2, 0.25) is 5.76 Å². The van der Waals surface area contributed by atoms with Crippen LogP contribution in [0.15, 0.2) is 10.6 Å². The highest BCUT2D eigenvalue weighted by Gasteiger charge is 2.09. The van der Waals surface area contributed by atoms with E-state index < -0.39 is 5.91 Å². The third-order valence-corrected chi connectivity index (χ3v) is 1.02. The number of amides is 1. The summed E-state index contributed by atoms with van der Waals surface area (Å²) >= 11 is 0. The topological polar surface area (TPSA) is 78.9 Å². The summed E-state index contributed by atoms with van der Waals surface area (Å²) in [5, 5.41) is 13.4. The number of hydrogen-bond acceptors (Lipinski definition) is 4. The Bertz CT molecular complexity index is 310. The highest BCUT2D eigenvalue weighted by atomic mass is 16.5. The molecule has 5 nitrogen and oxygen atoms in total. The molecule has 0 unspecified atom stereocenters. The van der Waals surface area contributed by atoms with Crippen LogP contribution in [0.1, 0.15) is 16.2 Å². The number of aryl methyl sites for hydroxylation is 1. The second kappa shape index (κ2) is 2.84. The van der Waals surface area contributed by atoms with E-state index in [0.717, 1.165) is 0 Å². The van der Waals surface area contributed by atoms with Crippen LogP contribution in [-0.4, -0.2) is 11.1 Å². The fraction of sp³-hybridized carbons (Fsp3) is 0.167. The molecule has 1 aromatic heterocycles. The maximum atomic E-state index is 10.8. The Morgan fingerprint density at radius 2 is 2.64 bits per heavy atom. The smallest absolute Gasteiger partial charge is 0.302 e.